The van der Waals surface area contributed by atoms with E-state index in [1.807, 2.05) is 36.4 Å². The monoisotopic (exact) mass is 378 g/mol. The number of benzene rings is 3. The van der Waals surface area contributed by atoms with Crippen LogP contribution in [0.1, 0.15) is 5.56 Å². The third-order valence-corrected chi connectivity index (χ3v) is 6.11. The average Bonchev–Trinajstić information content (AvgIpc) is 2.70. The summed E-state index contributed by atoms with van der Waals surface area (Å²) in [6.07, 6.45) is 2.06. The molecule has 0 aliphatic carbocycles. The Hall–Kier alpha value is -2.37. The number of hydrogen-bond acceptors (Lipinski definition) is 3. The van der Waals surface area contributed by atoms with E-state index in [1.165, 1.54) is 4.90 Å². The quantitative estimate of drug-likeness (QED) is 0.574. The fraction of sp³-hybridized carbons (Fsp3) is 0.0952. The van der Waals surface area contributed by atoms with Crippen LogP contribution in [0.15, 0.2) is 87.5 Å². The van der Waals surface area contributed by atoms with Crippen LogP contribution in [0.3, 0.4) is 0 Å². The molecule has 0 bridgehead atoms. The molecule has 26 heavy (non-hydrogen) atoms. The van der Waals surface area contributed by atoms with Crippen molar-refractivity contribution in [1.82, 2.24) is 5.32 Å². The van der Waals surface area contributed by atoms with Crippen molar-refractivity contribution in [3.05, 3.63) is 78.4 Å². The maximum atomic E-state index is 13.0. The fourth-order valence-electron chi connectivity index (χ4n) is 2.92. The number of hydrogen-bond donors (Lipinski definition) is 1. The first kappa shape index (κ1) is 17.1. The number of thioether (sulfide) groups is 1. The summed E-state index contributed by atoms with van der Waals surface area (Å²) in [6.45, 7) is 0.501. The highest BCUT2D eigenvalue weighted by Crippen LogP contribution is 2.47. The van der Waals surface area contributed by atoms with E-state index in [9.17, 15) is 4.79 Å². The van der Waals surface area contributed by atoms with Crippen molar-refractivity contribution in [2.45, 2.75) is 21.2 Å². The van der Waals surface area contributed by atoms with Crippen LogP contribution >= 0.6 is 23.5 Å². The van der Waals surface area contributed by atoms with E-state index in [2.05, 4.69) is 48.0 Å². The molecule has 3 aromatic carbocycles. The third-order valence-electron chi connectivity index (χ3n) is 4.24. The number of rotatable bonds is 3. The molecule has 0 saturated heterocycles. The third kappa shape index (κ3) is 3.32. The summed E-state index contributed by atoms with van der Waals surface area (Å²) in [7, 11) is 0. The first-order valence-electron chi connectivity index (χ1n) is 8.33. The van der Waals surface area contributed by atoms with E-state index in [0.29, 0.717) is 6.54 Å². The minimum absolute atomic E-state index is 0.112. The predicted octanol–water partition coefficient (Wildman–Crippen LogP) is 5.92. The van der Waals surface area contributed by atoms with Gasteiger partial charge in [-0.2, -0.15) is 0 Å². The second-order valence-corrected chi connectivity index (χ2v) is 7.84. The van der Waals surface area contributed by atoms with Crippen LogP contribution in [-0.2, 0) is 6.54 Å². The molecule has 1 N–H and O–H groups in total. The smallest absolute Gasteiger partial charge is 0.326 e. The Morgan fingerprint density at radius 2 is 1.50 bits per heavy atom. The summed E-state index contributed by atoms with van der Waals surface area (Å²) < 4.78 is 0. The summed E-state index contributed by atoms with van der Waals surface area (Å²) in [5.41, 5.74) is 2.93. The normalized spacial score (nSPS) is 12.3. The molecule has 2 amide bonds. The first-order chi connectivity index (χ1) is 12.8. The Bertz CT molecular complexity index is 895. The van der Waals surface area contributed by atoms with Gasteiger partial charge in [0.1, 0.15) is 0 Å². The zero-order valence-corrected chi connectivity index (χ0v) is 15.9. The minimum atomic E-state index is -0.112. The average molecular weight is 379 g/mol. The molecule has 0 atom stereocenters. The van der Waals surface area contributed by atoms with Crippen molar-refractivity contribution in [2.24, 2.45) is 0 Å². The van der Waals surface area contributed by atoms with E-state index in [0.717, 1.165) is 26.7 Å². The maximum absolute atomic E-state index is 13.0. The molecule has 0 spiro atoms. The van der Waals surface area contributed by atoms with E-state index < -0.39 is 0 Å². The number of urea groups is 1. The van der Waals surface area contributed by atoms with Gasteiger partial charge >= 0.3 is 6.03 Å². The number of carbonyl (C=O) groups is 1. The molecule has 1 aliphatic rings. The predicted molar refractivity (Wildman–Crippen MR) is 110 cm³/mol. The topological polar surface area (TPSA) is 32.3 Å². The van der Waals surface area contributed by atoms with Crippen LogP contribution in [0.25, 0.3) is 0 Å². The molecule has 1 heterocycles. The molecule has 0 unspecified atom stereocenters. The molecule has 0 radical (unpaired) electrons. The van der Waals surface area contributed by atoms with Crippen LogP contribution in [-0.4, -0.2) is 12.3 Å². The van der Waals surface area contributed by atoms with Crippen molar-refractivity contribution in [3.8, 4) is 0 Å². The molecule has 3 nitrogen and oxygen atoms in total. The lowest BCUT2D eigenvalue weighted by atomic mass is 10.2. The Labute approximate surface area is 161 Å². The largest absolute Gasteiger partial charge is 0.333 e. The van der Waals surface area contributed by atoms with Gasteiger partial charge in [0, 0.05) is 21.2 Å². The molecule has 0 fully saturated rings. The van der Waals surface area contributed by atoms with Gasteiger partial charge in [-0.1, -0.05) is 48.2 Å². The Kier molecular flexibility index (Phi) is 4.91. The highest BCUT2D eigenvalue weighted by Gasteiger charge is 2.27. The van der Waals surface area contributed by atoms with Gasteiger partial charge in [0.05, 0.1) is 11.4 Å². The summed E-state index contributed by atoms with van der Waals surface area (Å²) in [6, 6.07) is 24.2. The minimum Gasteiger partial charge on any atom is -0.333 e. The van der Waals surface area contributed by atoms with Gasteiger partial charge in [-0.15, -0.1) is 11.8 Å². The van der Waals surface area contributed by atoms with E-state index in [4.69, 9.17) is 0 Å². The van der Waals surface area contributed by atoms with Crippen molar-refractivity contribution in [1.29, 1.82) is 0 Å². The molecule has 0 aromatic heterocycles. The molecule has 130 valence electrons. The molecule has 0 saturated carbocycles. The molecule has 4 rings (SSSR count). The highest BCUT2D eigenvalue weighted by molar-refractivity contribution is 7.99. The van der Waals surface area contributed by atoms with Crippen molar-refractivity contribution in [2.75, 3.05) is 11.2 Å². The molecular weight excluding hydrogens is 360 g/mol. The van der Waals surface area contributed by atoms with Gasteiger partial charge < -0.3 is 5.32 Å². The second kappa shape index (κ2) is 7.48. The van der Waals surface area contributed by atoms with Crippen molar-refractivity contribution < 1.29 is 4.79 Å². The van der Waals surface area contributed by atoms with Crippen molar-refractivity contribution in [3.63, 3.8) is 0 Å². The van der Waals surface area contributed by atoms with Crippen LogP contribution in [0.4, 0.5) is 16.2 Å². The SMILES string of the molecule is CSc1ccc(CNC(=O)N2c3ccccc3Sc3ccccc32)cc1. The lowest BCUT2D eigenvalue weighted by molar-refractivity contribution is 0.248. The summed E-state index contributed by atoms with van der Waals surface area (Å²) in [5, 5.41) is 3.06. The summed E-state index contributed by atoms with van der Waals surface area (Å²) in [4.78, 5) is 18.2. The number of anilines is 2. The van der Waals surface area contributed by atoms with Gasteiger partial charge in [-0.25, -0.2) is 4.79 Å². The molecule has 3 aromatic rings. The van der Waals surface area contributed by atoms with Crippen LogP contribution in [0.5, 0.6) is 0 Å². The van der Waals surface area contributed by atoms with Gasteiger partial charge in [-0.3, -0.25) is 4.90 Å². The first-order valence-corrected chi connectivity index (χ1v) is 10.4. The van der Waals surface area contributed by atoms with E-state index in [-0.39, 0.29) is 6.03 Å². The number of carbonyl (C=O) groups excluding carboxylic acids is 1. The highest BCUT2D eigenvalue weighted by atomic mass is 32.2. The maximum Gasteiger partial charge on any atom is 0.326 e. The number of nitrogens with zero attached hydrogens (tertiary/aromatic N) is 1. The van der Waals surface area contributed by atoms with Gasteiger partial charge in [-0.05, 0) is 48.2 Å². The Morgan fingerprint density at radius 3 is 2.08 bits per heavy atom. The summed E-state index contributed by atoms with van der Waals surface area (Å²) in [5.74, 6) is 0. The molecular formula is C21H18N2OS2. The van der Waals surface area contributed by atoms with Gasteiger partial charge in [0.25, 0.3) is 0 Å². The number of amides is 2. The summed E-state index contributed by atoms with van der Waals surface area (Å²) >= 11 is 3.41. The van der Waals surface area contributed by atoms with E-state index >= 15 is 0 Å². The Morgan fingerprint density at radius 1 is 0.923 bits per heavy atom. The fourth-order valence-corrected chi connectivity index (χ4v) is 4.39. The second-order valence-electron chi connectivity index (χ2n) is 5.88. The van der Waals surface area contributed by atoms with Gasteiger partial charge in [0.15, 0.2) is 0 Å². The van der Waals surface area contributed by atoms with E-state index in [1.54, 1.807) is 28.4 Å². The molecule has 5 heteroatoms. The Balaban J connectivity index is 1.59. The zero-order chi connectivity index (χ0) is 17.9. The van der Waals surface area contributed by atoms with Gasteiger partial charge in [0.2, 0.25) is 0 Å². The number of fused-ring (bicyclic) bond motifs is 2. The number of nitrogens with one attached hydrogen (secondary N) is 1. The zero-order valence-electron chi connectivity index (χ0n) is 14.3. The van der Waals surface area contributed by atoms with Crippen molar-refractivity contribution >= 4 is 40.9 Å². The standard InChI is InChI=1S/C21H18N2OS2/c1-25-16-12-10-15(11-13-16)14-22-21(24)23-17-6-2-4-8-19(17)26-20-9-5-3-7-18(20)23/h2-13H,14H2,1H3,(H,22,24). The molecule has 1 aliphatic heterocycles. The van der Waals surface area contributed by atoms with Crippen LogP contribution in [0.2, 0.25) is 0 Å². The lowest BCUT2D eigenvalue weighted by Crippen LogP contribution is -2.37. The number of para-hydroxylation sites is 2. The van der Waals surface area contributed by atoms with Crippen LogP contribution < -0.4 is 10.2 Å². The lowest BCUT2D eigenvalue weighted by Gasteiger charge is -2.31. The van der Waals surface area contributed by atoms with Crippen LogP contribution in [0, 0.1) is 0 Å².